The van der Waals surface area contributed by atoms with Crippen molar-refractivity contribution in [3.05, 3.63) is 65.5 Å². The third-order valence-electron chi connectivity index (χ3n) is 3.26. The molecular weight excluding hydrogens is 285 g/mol. The van der Waals surface area contributed by atoms with E-state index in [-0.39, 0.29) is 24.4 Å². The molecule has 2 aromatic rings. The lowest BCUT2D eigenvalue weighted by Gasteiger charge is -2.13. The molecule has 0 bridgehead atoms. The molecular formula is C17H18FNO3. The molecule has 0 saturated carbocycles. The van der Waals surface area contributed by atoms with Crippen molar-refractivity contribution in [3.63, 3.8) is 0 Å². The van der Waals surface area contributed by atoms with Crippen LogP contribution in [-0.2, 0) is 11.2 Å². The van der Waals surface area contributed by atoms with Gasteiger partial charge in [-0.2, -0.15) is 0 Å². The van der Waals surface area contributed by atoms with E-state index in [9.17, 15) is 14.3 Å². The molecule has 5 heteroatoms. The molecule has 0 fully saturated rings. The molecule has 0 radical (unpaired) electrons. The highest BCUT2D eigenvalue weighted by Gasteiger charge is 2.13. The summed E-state index contributed by atoms with van der Waals surface area (Å²) in [4.78, 5) is 11.9. The molecule has 0 aromatic heterocycles. The first-order valence-electron chi connectivity index (χ1n) is 6.92. The molecule has 0 aliphatic rings. The summed E-state index contributed by atoms with van der Waals surface area (Å²) in [5.41, 5.74) is 0.974. The average molecular weight is 303 g/mol. The molecule has 0 spiro atoms. The van der Waals surface area contributed by atoms with E-state index in [0.29, 0.717) is 5.75 Å². The molecule has 1 amide bonds. The standard InChI is InChI=1S/C17H18FNO3/c1-22-13-6-4-5-12(9-13)10-17(21)19-11-16(20)14-7-2-3-8-15(14)18/h2-9,16,20H,10-11H2,1H3,(H,19,21). The molecule has 2 aromatic carbocycles. The summed E-state index contributed by atoms with van der Waals surface area (Å²) < 4.78 is 18.6. The Morgan fingerprint density at radius 1 is 1.27 bits per heavy atom. The smallest absolute Gasteiger partial charge is 0.224 e. The number of rotatable bonds is 6. The second kappa shape index (κ2) is 7.56. The lowest BCUT2D eigenvalue weighted by atomic mass is 10.1. The Hall–Kier alpha value is -2.40. The maximum absolute atomic E-state index is 13.5. The van der Waals surface area contributed by atoms with Crippen LogP contribution in [0.2, 0.25) is 0 Å². The summed E-state index contributed by atoms with van der Waals surface area (Å²) in [5, 5.41) is 12.5. The van der Waals surface area contributed by atoms with Gasteiger partial charge in [-0.3, -0.25) is 4.79 Å². The zero-order valence-electron chi connectivity index (χ0n) is 12.3. The van der Waals surface area contributed by atoms with E-state index in [1.54, 1.807) is 37.4 Å². The molecule has 0 aliphatic carbocycles. The Balaban J connectivity index is 1.88. The Morgan fingerprint density at radius 3 is 2.77 bits per heavy atom. The van der Waals surface area contributed by atoms with Crippen LogP contribution < -0.4 is 10.1 Å². The number of hydrogen-bond donors (Lipinski definition) is 2. The molecule has 2 N–H and O–H groups in total. The van der Waals surface area contributed by atoms with Gasteiger partial charge in [-0.25, -0.2) is 4.39 Å². The molecule has 22 heavy (non-hydrogen) atoms. The van der Waals surface area contributed by atoms with Crippen LogP contribution in [0.15, 0.2) is 48.5 Å². The van der Waals surface area contributed by atoms with Crippen molar-refractivity contribution in [1.82, 2.24) is 5.32 Å². The molecule has 0 heterocycles. The van der Waals surface area contributed by atoms with Crippen LogP contribution in [0.25, 0.3) is 0 Å². The number of ether oxygens (including phenoxy) is 1. The van der Waals surface area contributed by atoms with E-state index < -0.39 is 11.9 Å². The first-order valence-corrected chi connectivity index (χ1v) is 6.92. The molecule has 2 rings (SSSR count). The molecule has 1 atom stereocenters. The summed E-state index contributed by atoms with van der Waals surface area (Å²) >= 11 is 0. The molecule has 116 valence electrons. The zero-order chi connectivity index (χ0) is 15.9. The fraction of sp³-hybridized carbons (Fsp3) is 0.235. The number of carbonyl (C=O) groups excluding carboxylic acids is 1. The fourth-order valence-electron chi connectivity index (χ4n) is 2.10. The highest BCUT2D eigenvalue weighted by atomic mass is 19.1. The highest BCUT2D eigenvalue weighted by Crippen LogP contribution is 2.16. The maximum Gasteiger partial charge on any atom is 0.224 e. The number of hydrogen-bond acceptors (Lipinski definition) is 3. The average Bonchev–Trinajstić information content (AvgIpc) is 2.53. The summed E-state index contributed by atoms with van der Waals surface area (Å²) in [5.74, 6) is -0.0580. The molecule has 0 saturated heterocycles. The minimum atomic E-state index is -1.07. The third-order valence-corrected chi connectivity index (χ3v) is 3.26. The monoisotopic (exact) mass is 303 g/mol. The van der Waals surface area contributed by atoms with Gasteiger partial charge in [0.15, 0.2) is 0 Å². The van der Waals surface area contributed by atoms with Gasteiger partial charge in [-0.1, -0.05) is 30.3 Å². The minimum Gasteiger partial charge on any atom is -0.497 e. The van der Waals surface area contributed by atoms with Crippen molar-refractivity contribution in [2.45, 2.75) is 12.5 Å². The van der Waals surface area contributed by atoms with Gasteiger partial charge in [0.1, 0.15) is 11.6 Å². The largest absolute Gasteiger partial charge is 0.497 e. The number of aliphatic hydroxyl groups excluding tert-OH is 1. The summed E-state index contributed by atoms with van der Waals surface area (Å²) in [6, 6.07) is 13.1. The van der Waals surface area contributed by atoms with Gasteiger partial charge in [0, 0.05) is 12.1 Å². The Morgan fingerprint density at radius 2 is 2.05 bits per heavy atom. The quantitative estimate of drug-likeness (QED) is 0.860. The van der Waals surface area contributed by atoms with Crippen molar-refractivity contribution in [2.75, 3.05) is 13.7 Å². The first kappa shape index (κ1) is 16.0. The summed E-state index contributed by atoms with van der Waals surface area (Å²) in [7, 11) is 1.56. The summed E-state index contributed by atoms with van der Waals surface area (Å²) in [6.45, 7) is -0.0380. The van der Waals surface area contributed by atoms with Crippen molar-refractivity contribution in [2.24, 2.45) is 0 Å². The van der Waals surface area contributed by atoms with Crippen LogP contribution in [0.4, 0.5) is 4.39 Å². The molecule has 4 nitrogen and oxygen atoms in total. The normalized spacial score (nSPS) is 11.8. The Bertz CT molecular complexity index is 645. The number of methoxy groups -OCH3 is 1. The number of halogens is 1. The van der Waals surface area contributed by atoms with Crippen LogP contribution in [-0.4, -0.2) is 24.7 Å². The third kappa shape index (κ3) is 4.30. The van der Waals surface area contributed by atoms with Crippen LogP contribution in [0, 0.1) is 5.82 Å². The SMILES string of the molecule is COc1cccc(CC(=O)NCC(O)c2ccccc2F)c1. The van der Waals surface area contributed by atoms with Crippen LogP contribution >= 0.6 is 0 Å². The minimum absolute atomic E-state index is 0.0380. The van der Waals surface area contributed by atoms with E-state index in [2.05, 4.69) is 5.32 Å². The van der Waals surface area contributed by atoms with Crippen LogP contribution in [0.1, 0.15) is 17.2 Å². The number of amides is 1. The highest BCUT2D eigenvalue weighted by molar-refractivity contribution is 5.78. The van der Waals surface area contributed by atoms with Crippen molar-refractivity contribution < 1.29 is 19.0 Å². The van der Waals surface area contributed by atoms with Gasteiger partial charge in [0.25, 0.3) is 0 Å². The molecule has 0 aliphatic heterocycles. The number of nitrogens with one attached hydrogen (secondary N) is 1. The second-order valence-corrected chi connectivity index (χ2v) is 4.87. The molecule has 1 unspecified atom stereocenters. The van der Waals surface area contributed by atoms with Gasteiger partial charge in [-0.05, 0) is 23.8 Å². The number of aliphatic hydroxyl groups is 1. The van der Waals surface area contributed by atoms with Crippen molar-refractivity contribution in [1.29, 1.82) is 0 Å². The lowest BCUT2D eigenvalue weighted by Crippen LogP contribution is -2.30. The van der Waals surface area contributed by atoms with Gasteiger partial charge < -0.3 is 15.2 Å². The summed E-state index contributed by atoms with van der Waals surface area (Å²) in [6.07, 6.45) is -0.906. The van der Waals surface area contributed by atoms with Crippen molar-refractivity contribution in [3.8, 4) is 5.75 Å². The maximum atomic E-state index is 13.5. The van der Waals surface area contributed by atoms with E-state index >= 15 is 0 Å². The van der Waals surface area contributed by atoms with Gasteiger partial charge in [0.2, 0.25) is 5.91 Å². The van der Waals surface area contributed by atoms with E-state index in [0.717, 1.165) is 5.56 Å². The second-order valence-electron chi connectivity index (χ2n) is 4.87. The zero-order valence-corrected chi connectivity index (χ0v) is 12.3. The Labute approximate surface area is 128 Å². The number of carbonyl (C=O) groups is 1. The topological polar surface area (TPSA) is 58.6 Å². The predicted octanol–water partition coefficient (Wildman–Crippen LogP) is 2.23. The van der Waals surface area contributed by atoms with E-state index in [4.69, 9.17) is 4.74 Å². The van der Waals surface area contributed by atoms with Crippen molar-refractivity contribution >= 4 is 5.91 Å². The van der Waals surface area contributed by atoms with Crippen LogP contribution in [0.5, 0.6) is 5.75 Å². The van der Waals surface area contributed by atoms with Gasteiger partial charge >= 0.3 is 0 Å². The van der Waals surface area contributed by atoms with Crippen LogP contribution in [0.3, 0.4) is 0 Å². The fourth-order valence-corrected chi connectivity index (χ4v) is 2.10. The van der Waals surface area contributed by atoms with Gasteiger partial charge in [0.05, 0.1) is 19.6 Å². The number of benzene rings is 2. The Kier molecular flexibility index (Phi) is 5.49. The van der Waals surface area contributed by atoms with E-state index in [1.807, 2.05) is 6.07 Å². The van der Waals surface area contributed by atoms with Gasteiger partial charge in [-0.15, -0.1) is 0 Å². The predicted molar refractivity (Wildman–Crippen MR) is 81.1 cm³/mol. The lowest BCUT2D eigenvalue weighted by molar-refractivity contribution is -0.120. The first-order chi connectivity index (χ1) is 10.6. The van der Waals surface area contributed by atoms with E-state index in [1.165, 1.54) is 12.1 Å².